The van der Waals surface area contributed by atoms with Gasteiger partial charge < -0.3 is 10.1 Å². The van der Waals surface area contributed by atoms with Crippen LogP contribution in [0.15, 0.2) is 42.0 Å². The molecule has 2 nitrogen and oxygen atoms in total. The topological polar surface area (TPSA) is 21.3 Å². The smallest absolute Gasteiger partial charge is 0.0650 e. The number of rotatable bonds is 5. The van der Waals surface area contributed by atoms with Crippen molar-refractivity contribution < 1.29 is 4.74 Å². The SMILES string of the molecule is C1=C(CCNCc2ccccc2)CCOC1. The van der Waals surface area contributed by atoms with Crippen molar-refractivity contribution in [1.29, 1.82) is 0 Å². The molecular weight excluding hydrogens is 198 g/mol. The molecule has 0 aromatic heterocycles. The number of ether oxygens (including phenoxy) is 1. The minimum Gasteiger partial charge on any atom is -0.377 e. The minimum atomic E-state index is 0.800. The van der Waals surface area contributed by atoms with Gasteiger partial charge in [-0.1, -0.05) is 42.0 Å². The molecule has 1 N–H and O–H groups in total. The highest BCUT2D eigenvalue weighted by atomic mass is 16.5. The maximum absolute atomic E-state index is 5.28. The summed E-state index contributed by atoms with van der Waals surface area (Å²) >= 11 is 0. The first-order chi connectivity index (χ1) is 7.95. The molecule has 1 aliphatic rings. The Morgan fingerprint density at radius 3 is 2.81 bits per heavy atom. The zero-order chi connectivity index (χ0) is 11.1. The van der Waals surface area contributed by atoms with Gasteiger partial charge in [0.1, 0.15) is 0 Å². The Hall–Kier alpha value is -1.12. The van der Waals surface area contributed by atoms with Gasteiger partial charge in [0, 0.05) is 6.54 Å². The molecule has 0 spiro atoms. The second-order valence-electron chi connectivity index (χ2n) is 4.10. The van der Waals surface area contributed by atoms with Gasteiger partial charge in [0.25, 0.3) is 0 Å². The van der Waals surface area contributed by atoms with Crippen molar-refractivity contribution in [1.82, 2.24) is 5.32 Å². The summed E-state index contributed by atoms with van der Waals surface area (Å²) in [4.78, 5) is 0. The van der Waals surface area contributed by atoms with E-state index in [1.807, 2.05) is 0 Å². The van der Waals surface area contributed by atoms with Crippen molar-refractivity contribution in [3.05, 3.63) is 47.5 Å². The average molecular weight is 217 g/mol. The van der Waals surface area contributed by atoms with Crippen LogP contribution in [0.2, 0.25) is 0 Å². The van der Waals surface area contributed by atoms with E-state index in [4.69, 9.17) is 4.74 Å². The van der Waals surface area contributed by atoms with Gasteiger partial charge in [-0.3, -0.25) is 0 Å². The molecule has 0 aliphatic carbocycles. The Labute approximate surface area is 97.3 Å². The number of benzene rings is 1. The normalized spacial score (nSPS) is 15.9. The predicted molar refractivity (Wildman–Crippen MR) is 66.3 cm³/mol. The van der Waals surface area contributed by atoms with E-state index >= 15 is 0 Å². The van der Waals surface area contributed by atoms with Crippen molar-refractivity contribution in [2.45, 2.75) is 19.4 Å². The highest BCUT2D eigenvalue weighted by Gasteiger charge is 2.02. The van der Waals surface area contributed by atoms with E-state index in [1.165, 1.54) is 11.1 Å². The predicted octanol–water partition coefficient (Wildman–Crippen LogP) is 2.51. The fraction of sp³-hybridized carbons (Fsp3) is 0.429. The Morgan fingerprint density at radius 1 is 1.19 bits per heavy atom. The van der Waals surface area contributed by atoms with Crippen LogP contribution in [-0.2, 0) is 11.3 Å². The lowest BCUT2D eigenvalue weighted by Gasteiger charge is -2.13. The van der Waals surface area contributed by atoms with Crippen molar-refractivity contribution in [2.24, 2.45) is 0 Å². The Morgan fingerprint density at radius 2 is 2.06 bits per heavy atom. The average Bonchev–Trinajstić information content (AvgIpc) is 2.37. The zero-order valence-electron chi connectivity index (χ0n) is 9.61. The van der Waals surface area contributed by atoms with Crippen LogP contribution in [0.25, 0.3) is 0 Å². The van der Waals surface area contributed by atoms with Crippen LogP contribution in [0.5, 0.6) is 0 Å². The third-order valence-corrected chi connectivity index (χ3v) is 2.85. The molecule has 2 rings (SSSR count). The molecule has 0 radical (unpaired) electrons. The lowest BCUT2D eigenvalue weighted by Crippen LogP contribution is -2.16. The molecule has 16 heavy (non-hydrogen) atoms. The summed E-state index contributed by atoms with van der Waals surface area (Å²) in [6.07, 6.45) is 4.47. The summed E-state index contributed by atoms with van der Waals surface area (Å²) < 4.78 is 5.28. The molecule has 0 saturated carbocycles. The first kappa shape index (κ1) is 11.4. The van der Waals surface area contributed by atoms with E-state index in [0.29, 0.717) is 0 Å². The first-order valence-corrected chi connectivity index (χ1v) is 5.95. The summed E-state index contributed by atoms with van der Waals surface area (Å²) in [7, 11) is 0. The fourth-order valence-corrected chi connectivity index (χ4v) is 1.87. The number of nitrogens with one attached hydrogen (secondary N) is 1. The van der Waals surface area contributed by atoms with Crippen molar-refractivity contribution in [3.8, 4) is 0 Å². The highest BCUT2D eigenvalue weighted by Crippen LogP contribution is 2.10. The van der Waals surface area contributed by atoms with Crippen LogP contribution < -0.4 is 5.32 Å². The number of hydrogen-bond acceptors (Lipinski definition) is 2. The Bertz CT molecular complexity index is 332. The maximum Gasteiger partial charge on any atom is 0.0650 e. The maximum atomic E-state index is 5.28. The first-order valence-electron chi connectivity index (χ1n) is 5.95. The molecule has 1 aliphatic heterocycles. The van der Waals surface area contributed by atoms with Gasteiger partial charge in [-0.2, -0.15) is 0 Å². The lowest BCUT2D eigenvalue weighted by atomic mass is 10.1. The van der Waals surface area contributed by atoms with Gasteiger partial charge in [-0.15, -0.1) is 0 Å². The van der Waals surface area contributed by atoms with Crippen LogP contribution in [-0.4, -0.2) is 19.8 Å². The summed E-state index contributed by atoms with van der Waals surface area (Å²) in [5.74, 6) is 0. The molecule has 0 fully saturated rings. The molecule has 0 bridgehead atoms. The van der Waals surface area contributed by atoms with Gasteiger partial charge in [0.15, 0.2) is 0 Å². The van der Waals surface area contributed by atoms with Crippen molar-refractivity contribution in [3.63, 3.8) is 0 Å². The van der Waals surface area contributed by atoms with Gasteiger partial charge in [0.2, 0.25) is 0 Å². The zero-order valence-corrected chi connectivity index (χ0v) is 9.61. The molecular formula is C14H19NO. The molecule has 0 atom stereocenters. The Kier molecular flexibility index (Phi) is 4.59. The standard InChI is InChI=1S/C14H19NO/c1-2-4-14(5-3-1)12-15-9-6-13-7-10-16-11-8-13/h1-5,7,15H,6,8-12H2. The lowest BCUT2D eigenvalue weighted by molar-refractivity contribution is 0.153. The molecule has 1 aromatic rings. The van der Waals surface area contributed by atoms with Crippen molar-refractivity contribution in [2.75, 3.05) is 19.8 Å². The molecule has 86 valence electrons. The largest absolute Gasteiger partial charge is 0.377 e. The fourth-order valence-electron chi connectivity index (χ4n) is 1.87. The molecule has 0 amide bonds. The van der Waals surface area contributed by atoms with E-state index in [2.05, 4.69) is 41.7 Å². The highest BCUT2D eigenvalue weighted by molar-refractivity contribution is 5.14. The van der Waals surface area contributed by atoms with E-state index in [0.717, 1.165) is 39.1 Å². The van der Waals surface area contributed by atoms with Crippen molar-refractivity contribution >= 4 is 0 Å². The van der Waals surface area contributed by atoms with Crippen LogP contribution >= 0.6 is 0 Å². The third-order valence-electron chi connectivity index (χ3n) is 2.85. The third kappa shape index (κ3) is 3.80. The quantitative estimate of drug-likeness (QED) is 0.604. The van der Waals surface area contributed by atoms with Gasteiger partial charge in [-0.05, 0) is 24.9 Å². The summed E-state index contributed by atoms with van der Waals surface area (Å²) in [6.45, 7) is 3.71. The molecule has 2 heteroatoms. The monoisotopic (exact) mass is 217 g/mol. The summed E-state index contributed by atoms with van der Waals surface area (Å²) in [5.41, 5.74) is 2.88. The molecule has 1 heterocycles. The summed E-state index contributed by atoms with van der Waals surface area (Å²) in [5, 5.41) is 3.47. The second kappa shape index (κ2) is 6.46. The van der Waals surface area contributed by atoms with Crippen LogP contribution in [0.3, 0.4) is 0 Å². The molecule has 0 unspecified atom stereocenters. The van der Waals surface area contributed by atoms with Crippen LogP contribution in [0.1, 0.15) is 18.4 Å². The molecule has 0 saturated heterocycles. The van der Waals surface area contributed by atoms with E-state index in [1.54, 1.807) is 0 Å². The van der Waals surface area contributed by atoms with Gasteiger partial charge >= 0.3 is 0 Å². The van der Waals surface area contributed by atoms with Gasteiger partial charge in [0.05, 0.1) is 13.2 Å². The van der Waals surface area contributed by atoms with E-state index in [9.17, 15) is 0 Å². The van der Waals surface area contributed by atoms with Gasteiger partial charge in [-0.25, -0.2) is 0 Å². The van der Waals surface area contributed by atoms with Crippen LogP contribution in [0, 0.1) is 0 Å². The molecule has 1 aromatic carbocycles. The Balaban J connectivity index is 1.63. The number of hydrogen-bond donors (Lipinski definition) is 1. The van der Waals surface area contributed by atoms with E-state index in [-0.39, 0.29) is 0 Å². The van der Waals surface area contributed by atoms with E-state index < -0.39 is 0 Å². The minimum absolute atomic E-state index is 0.800. The van der Waals surface area contributed by atoms with Crippen LogP contribution in [0.4, 0.5) is 0 Å². The second-order valence-corrected chi connectivity index (χ2v) is 4.10. The summed E-state index contributed by atoms with van der Waals surface area (Å²) in [6, 6.07) is 10.5.